The fourth-order valence-corrected chi connectivity index (χ4v) is 10.6. The van der Waals surface area contributed by atoms with Crippen molar-refractivity contribution in [2.75, 3.05) is 46.9 Å². The first kappa shape index (κ1) is 53.9. The number of phosphoric ester groups is 1. The molecule has 0 aromatic heterocycles. The van der Waals surface area contributed by atoms with Crippen LogP contribution in [0.15, 0.2) is 121 Å². The van der Waals surface area contributed by atoms with Gasteiger partial charge in [-0.2, -0.15) is 0 Å². The average Bonchev–Trinajstić information content (AvgIpc) is 3.59. The molecule has 6 aromatic carbocycles. The molecule has 6 aromatic rings. The molecule has 18 heteroatoms. The molecule has 0 bridgehead atoms. The van der Waals surface area contributed by atoms with Gasteiger partial charge in [0.05, 0.1) is 12.2 Å². The Morgan fingerprint density at radius 2 is 0.944 bits per heavy atom. The van der Waals surface area contributed by atoms with Crippen molar-refractivity contribution < 1.29 is 47.1 Å². The number of phosphoric acid groups is 1. The minimum Gasteiger partial charge on any atom is -0.322 e. The van der Waals surface area contributed by atoms with E-state index in [1.807, 2.05) is 57.2 Å². The van der Waals surface area contributed by atoms with Gasteiger partial charge in [0.1, 0.15) is 0 Å². The molecule has 8 rings (SSSR count). The zero-order valence-electron chi connectivity index (χ0n) is 40.6. The maximum atomic E-state index is 13.7. The number of rotatable bonds is 10. The van der Waals surface area contributed by atoms with Crippen molar-refractivity contribution in [2.24, 2.45) is 0 Å². The number of halogens is 2. The fourth-order valence-electron chi connectivity index (χ4n) is 8.90. The third kappa shape index (κ3) is 13.4. The number of benzene rings is 6. The zero-order chi connectivity index (χ0) is 52.1. The number of carbonyl (C=O) groups excluding carboxylic acids is 4. The van der Waals surface area contributed by atoms with Gasteiger partial charge in [0, 0.05) is 92.6 Å². The average molecular weight is 1050 g/mol. The van der Waals surface area contributed by atoms with E-state index in [1.54, 1.807) is 115 Å². The van der Waals surface area contributed by atoms with Crippen molar-refractivity contribution in [3.05, 3.63) is 187 Å². The summed E-state index contributed by atoms with van der Waals surface area (Å²) in [5.74, 6) is -0.851. The largest absolute Gasteiger partial charge is 0.470 e. The first-order chi connectivity index (χ1) is 34.1. The van der Waals surface area contributed by atoms with E-state index in [0.29, 0.717) is 105 Å². The second-order valence-corrected chi connectivity index (χ2v) is 22.9. The van der Waals surface area contributed by atoms with E-state index in [0.717, 1.165) is 22.3 Å². The monoisotopic (exact) mass is 1050 g/mol. The standard InChI is InChI=1S/C28H30ClN2O4P.C26H26ClN2O6P/c1-18-8-5-6-9-22(18)27(32)30-21-12-13-23(19(2)16-21)28(33)31-15-7-10-26(35-36(3,4)34)24-17-20(29)11-14-25(24)31;1-16-6-3-4-7-20(16)25(30)28-19-10-11-21(17(2)14-19)26(31)29-13-5-8-24(35-36(32,33)34)22-15-18(27)9-12-23(22)29/h5-6,8-9,11-14,16-17,26H,7,10,15H2,1-4H3,(H,30,32);3-4,6-7,9-12,14-15,24H,5,8,13H2,1-2H3,(H,28,30)(H2,32,33,34). The van der Waals surface area contributed by atoms with E-state index in [9.17, 15) is 38.1 Å². The molecule has 2 unspecified atom stereocenters. The van der Waals surface area contributed by atoms with Crippen LogP contribution in [0.5, 0.6) is 0 Å². The third-order valence-electron chi connectivity index (χ3n) is 12.3. The van der Waals surface area contributed by atoms with Crippen LogP contribution in [0.4, 0.5) is 22.7 Å². The van der Waals surface area contributed by atoms with Crippen molar-refractivity contribution in [3.8, 4) is 0 Å². The summed E-state index contributed by atoms with van der Waals surface area (Å²) in [5, 5.41) is 6.70. The lowest BCUT2D eigenvalue weighted by Crippen LogP contribution is -2.32. The number of nitrogens with one attached hydrogen (secondary N) is 2. The van der Waals surface area contributed by atoms with E-state index >= 15 is 0 Å². The van der Waals surface area contributed by atoms with Crippen LogP contribution >= 0.6 is 38.4 Å². The predicted octanol–water partition coefficient (Wildman–Crippen LogP) is 13.0. The second kappa shape index (κ2) is 22.9. The number of fused-ring (bicyclic) bond motifs is 2. The SMILES string of the molecule is Cc1ccccc1C(=O)Nc1ccc(C(=O)N2CCCC(OP(=O)(O)O)c3cc(Cl)ccc32)c(C)c1.Cc1ccccc1C(=O)Nc1ccc(C(=O)N2CCCC(OP(C)(C)=O)c3cc(Cl)ccc32)c(C)c1. The molecule has 4 N–H and O–H groups in total. The Balaban J connectivity index is 0.000000211. The quantitative estimate of drug-likeness (QED) is 0.0960. The van der Waals surface area contributed by atoms with Gasteiger partial charge in [-0.1, -0.05) is 59.6 Å². The Labute approximate surface area is 429 Å². The van der Waals surface area contributed by atoms with Gasteiger partial charge in [0.15, 0.2) is 7.37 Å². The van der Waals surface area contributed by atoms with Crippen LogP contribution in [0, 0.1) is 27.7 Å². The van der Waals surface area contributed by atoms with Gasteiger partial charge in [0.2, 0.25) is 0 Å². The molecule has 2 aliphatic rings. The lowest BCUT2D eigenvalue weighted by atomic mass is 10.0. The van der Waals surface area contributed by atoms with Gasteiger partial charge in [0.25, 0.3) is 23.6 Å². The van der Waals surface area contributed by atoms with Crippen molar-refractivity contribution in [1.29, 1.82) is 0 Å². The van der Waals surface area contributed by atoms with Crippen LogP contribution in [0.25, 0.3) is 0 Å². The fraction of sp³-hybridized carbons (Fsp3) is 0.259. The Bertz CT molecular complexity index is 2950. The van der Waals surface area contributed by atoms with Crippen molar-refractivity contribution in [2.45, 2.75) is 65.6 Å². The van der Waals surface area contributed by atoms with Crippen LogP contribution in [-0.2, 0) is 18.2 Å². The van der Waals surface area contributed by atoms with Crippen LogP contribution < -0.4 is 20.4 Å². The molecule has 0 aliphatic carbocycles. The molecule has 0 radical (unpaired) electrons. The van der Waals surface area contributed by atoms with Gasteiger partial charge < -0.3 is 34.7 Å². The topological polar surface area (TPSA) is 192 Å². The summed E-state index contributed by atoms with van der Waals surface area (Å²) in [6.45, 7) is 11.4. The highest BCUT2D eigenvalue weighted by atomic mass is 35.5. The van der Waals surface area contributed by atoms with Crippen LogP contribution in [0.1, 0.15) is 113 Å². The lowest BCUT2D eigenvalue weighted by molar-refractivity contribution is 0.0978. The number of hydrogen-bond acceptors (Lipinski definition) is 8. The number of anilines is 4. The van der Waals surface area contributed by atoms with Gasteiger partial charge in [-0.3, -0.25) is 28.3 Å². The molecular formula is C54H56Cl2N4O10P2. The minimum absolute atomic E-state index is 0.148. The highest BCUT2D eigenvalue weighted by Gasteiger charge is 2.33. The molecule has 376 valence electrons. The van der Waals surface area contributed by atoms with Gasteiger partial charge in [-0.05, 0) is 161 Å². The molecule has 2 aliphatic heterocycles. The van der Waals surface area contributed by atoms with Gasteiger partial charge in [-0.15, -0.1) is 0 Å². The molecule has 0 spiro atoms. The first-order valence-electron chi connectivity index (χ1n) is 23.2. The Morgan fingerprint density at radius 1 is 0.542 bits per heavy atom. The van der Waals surface area contributed by atoms with E-state index in [-0.39, 0.29) is 23.6 Å². The number of nitrogens with zero attached hydrogens (tertiary/aromatic N) is 2. The summed E-state index contributed by atoms with van der Waals surface area (Å²) in [4.78, 5) is 74.8. The highest BCUT2D eigenvalue weighted by Crippen LogP contribution is 2.49. The predicted molar refractivity (Wildman–Crippen MR) is 284 cm³/mol. The van der Waals surface area contributed by atoms with Crippen LogP contribution in [0.3, 0.4) is 0 Å². The maximum absolute atomic E-state index is 13.7. The minimum atomic E-state index is -4.76. The van der Waals surface area contributed by atoms with Gasteiger partial charge in [-0.25, -0.2) is 4.57 Å². The summed E-state index contributed by atoms with van der Waals surface area (Å²) < 4.78 is 34.9. The molecule has 4 amide bonds. The Morgan fingerprint density at radius 3 is 1.32 bits per heavy atom. The van der Waals surface area contributed by atoms with Crippen LogP contribution in [0.2, 0.25) is 10.0 Å². The second-order valence-electron chi connectivity index (χ2n) is 18.1. The molecule has 0 fully saturated rings. The molecule has 14 nitrogen and oxygen atoms in total. The molecule has 0 saturated heterocycles. The number of aryl methyl sites for hydroxylation is 4. The number of amides is 4. The smallest absolute Gasteiger partial charge is 0.322 e. The zero-order valence-corrected chi connectivity index (χ0v) is 44.0. The molecule has 72 heavy (non-hydrogen) atoms. The molecule has 2 heterocycles. The maximum Gasteiger partial charge on any atom is 0.470 e. The van der Waals surface area contributed by atoms with E-state index in [2.05, 4.69) is 10.6 Å². The Kier molecular flexibility index (Phi) is 17.1. The van der Waals surface area contributed by atoms with Crippen LogP contribution in [-0.4, -0.2) is 59.8 Å². The summed E-state index contributed by atoms with van der Waals surface area (Å²) >= 11 is 12.4. The van der Waals surface area contributed by atoms with E-state index in [1.165, 1.54) is 0 Å². The number of carbonyl (C=O) groups is 4. The van der Waals surface area contributed by atoms with E-state index < -0.39 is 27.4 Å². The highest BCUT2D eigenvalue weighted by molar-refractivity contribution is 7.57. The van der Waals surface area contributed by atoms with Crippen molar-refractivity contribution >= 4 is 84.8 Å². The van der Waals surface area contributed by atoms with Crippen molar-refractivity contribution in [3.63, 3.8) is 0 Å². The summed E-state index contributed by atoms with van der Waals surface area (Å²) in [5.41, 5.74) is 8.92. The third-order valence-corrected chi connectivity index (χ3v) is 14.1. The normalized spacial score (nSPS) is 15.7. The van der Waals surface area contributed by atoms with Crippen molar-refractivity contribution in [1.82, 2.24) is 0 Å². The Hall–Kier alpha value is -5.92. The number of hydrogen-bond donors (Lipinski definition) is 4. The summed E-state index contributed by atoms with van der Waals surface area (Å²) in [6, 6.07) is 35.3. The van der Waals surface area contributed by atoms with Gasteiger partial charge >= 0.3 is 7.82 Å². The first-order valence-corrected chi connectivity index (χ1v) is 28.0. The van der Waals surface area contributed by atoms with E-state index in [4.69, 9.17) is 32.2 Å². The molecule has 0 saturated carbocycles. The molecule has 2 atom stereocenters. The summed E-state index contributed by atoms with van der Waals surface area (Å²) in [6.07, 6.45) is 0.782. The lowest BCUT2D eigenvalue weighted by Gasteiger charge is -2.26. The summed E-state index contributed by atoms with van der Waals surface area (Å²) in [7, 11) is -7.51. The molecular weight excluding hydrogens is 997 g/mol.